The third kappa shape index (κ3) is 7.17. The summed E-state index contributed by atoms with van der Waals surface area (Å²) >= 11 is 6.30. The Morgan fingerprint density at radius 3 is 2.26 bits per heavy atom. The van der Waals surface area contributed by atoms with Crippen LogP contribution in [0.4, 0.5) is 0 Å². The number of hydrogen-bond acceptors (Lipinski definition) is 3. The van der Waals surface area contributed by atoms with Crippen molar-refractivity contribution in [2.45, 2.75) is 36.5 Å². The van der Waals surface area contributed by atoms with Gasteiger partial charge in [0, 0.05) is 18.6 Å². The summed E-state index contributed by atoms with van der Waals surface area (Å²) in [6.07, 6.45) is 4.46. The van der Waals surface area contributed by atoms with Crippen LogP contribution in [-0.2, 0) is 16.4 Å². The predicted molar refractivity (Wildman–Crippen MR) is 144 cm³/mol. The molecule has 1 aliphatic rings. The fourth-order valence-electron chi connectivity index (χ4n) is 5.00. The van der Waals surface area contributed by atoms with E-state index in [9.17, 15) is 8.42 Å². The van der Waals surface area contributed by atoms with E-state index >= 15 is 0 Å². The van der Waals surface area contributed by atoms with Crippen LogP contribution in [0, 0.1) is 5.92 Å². The van der Waals surface area contributed by atoms with E-state index in [0.29, 0.717) is 16.5 Å². The Bertz CT molecular complexity index is 1160. The van der Waals surface area contributed by atoms with Gasteiger partial charge in [-0.1, -0.05) is 72.3 Å². The molecule has 1 saturated heterocycles. The first-order valence-corrected chi connectivity index (χ1v) is 14.3. The monoisotopic (exact) mass is 510 g/mol. The number of benzene rings is 3. The van der Waals surface area contributed by atoms with Crippen LogP contribution in [0.25, 0.3) is 0 Å². The van der Waals surface area contributed by atoms with E-state index in [1.165, 1.54) is 22.7 Å². The SMILES string of the molecule is CN(CC(CCN1CCC(Cc2ccccc2)CC1)c1cccc(Cl)c1)S(=O)(=O)c1ccccc1. The molecule has 1 aliphatic heterocycles. The minimum absolute atomic E-state index is 0.0687. The zero-order chi connectivity index (χ0) is 24.7. The van der Waals surface area contributed by atoms with E-state index in [4.69, 9.17) is 11.6 Å². The van der Waals surface area contributed by atoms with Crippen LogP contribution in [-0.4, -0.2) is 50.8 Å². The normalized spacial score (nSPS) is 16.4. The second kappa shape index (κ2) is 12.2. The maximum absolute atomic E-state index is 13.1. The Labute approximate surface area is 215 Å². The number of likely N-dealkylation sites (N-methyl/N-ethyl adjacent to an activating group) is 1. The second-order valence-corrected chi connectivity index (χ2v) is 12.1. The fraction of sp³-hybridized carbons (Fsp3) is 0.379. The van der Waals surface area contributed by atoms with Gasteiger partial charge in [0.15, 0.2) is 0 Å². The van der Waals surface area contributed by atoms with Crippen molar-refractivity contribution >= 4 is 21.6 Å². The minimum atomic E-state index is -3.55. The number of sulfonamides is 1. The number of likely N-dealkylation sites (tertiary alicyclic amines) is 1. The molecule has 3 aromatic carbocycles. The summed E-state index contributed by atoms with van der Waals surface area (Å²) in [5, 5.41) is 0.683. The number of nitrogens with zero attached hydrogens (tertiary/aromatic N) is 2. The molecule has 0 aromatic heterocycles. The minimum Gasteiger partial charge on any atom is -0.303 e. The summed E-state index contributed by atoms with van der Waals surface area (Å²) in [5.41, 5.74) is 2.52. The fourth-order valence-corrected chi connectivity index (χ4v) is 6.44. The largest absolute Gasteiger partial charge is 0.303 e. The third-order valence-electron chi connectivity index (χ3n) is 7.12. The molecule has 0 amide bonds. The Balaban J connectivity index is 1.38. The molecule has 1 fully saturated rings. The van der Waals surface area contributed by atoms with Crippen LogP contribution >= 0.6 is 11.6 Å². The first-order valence-electron chi connectivity index (χ1n) is 12.4. The summed E-state index contributed by atoms with van der Waals surface area (Å²) in [6.45, 7) is 3.56. The summed E-state index contributed by atoms with van der Waals surface area (Å²) in [6, 6.07) is 27.3. The van der Waals surface area contributed by atoms with Crippen molar-refractivity contribution in [1.29, 1.82) is 0 Å². The lowest BCUT2D eigenvalue weighted by Gasteiger charge is -2.33. The van der Waals surface area contributed by atoms with E-state index in [1.54, 1.807) is 31.3 Å². The van der Waals surface area contributed by atoms with Gasteiger partial charge in [-0.2, -0.15) is 0 Å². The van der Waals surface area contributed by atoms with Gasteiger partial charge in [-0.05, 0) is 92.5 Å². The predicted octanol–water partition coefficient (Wildman–Crippen LogP) is 6.09. The Morgan fingerprint density at radius 1 is 0.943 bits per heavy atom. The van der Waals surface area contributed by atoms with Crippen molar-refractivity contribution in [3.63, 3.8) is 0 Å². The highest BCUT2D eigenvalue weighted by atomic mass is 35.5. The summed E-state index contributed by atoms with van der Waals surface area (Å²) in [4.78, 5) is 2.86. The smallest absolute Gasteiger partial charge is 0.242 e. The van der Waals surface area contributed by atoms with Gasteiger partial charge in [-0.15, -0.1) is 0 Å². The zero-order valence-corrected chi connectivity index (χ0v) is 22.0. The molecule has 0 N–H and O–H groups in total. The Kier molecular flexibility index (Phi) is 9.01. The van der Waals surface area contributed by atoms with Crippen LogP contribution in [0.5, 0.6) is 0 Å². The topological polar surface area (TPSA) is 40.6 Å². The number of piperidine rings is 1. The van der Waals surface area contributed by atoms with Crippen LogP contribution < -0.4 is 0 Å². The number of hydrogen-bond donors (Lipinski definition) is 0. The first kappa shape index (κ1) is 25.9. The number of halogens is 1. The molecular weight excluding hydrogens is 476 g/mol. The zero-order valence-electron chi connectivity index (χ0n) is 20.4. The van der Waals surface area contributed by atoms with E-state index in [-0.39, 0.29) is 5.92 Å². The molecule has 3 aromatic rings. The highest BCUT2D eigenvalue weighted by Gasteiger charge is 2.26. The molecular formula is C29H35ClN2O2S. The van der Waals surface area contributed by atoms with E-state index in [0.717, 1.165) is 44.0 Å². The van der Waals surface area contributed by atoms with Gasteiger partial charge < -0.3 is 4.90 Å². The molecule has 0 aliphatic carbocycles. The van der Waals surface area contributed by atoms with E-state index in [2.05, 4.69) is 41.3 Å². The molecule has 1 atom stereocenters. The van der Waals surface area contributed by atoms with Crippen molar-refractivity contribution in [1.82, 2.24) is 9.21 Å². The van der Waals surface area contributed by atoms with Gasteiger partial charge in [-0.3, -0.25) is 0 Å². The van der Waals surface area contributed by atoms with Gasteiger partial charge in [0.25, 0.3) is 0 Å². The lowest BCUT2D eigenvalue weighted by molar-refractivity contribution is 0.177. The van der Waals surface area contributed by atoms with Crippen molar-refractivity contribution in [2.24, 2.45) is 5.92 Å². The van der Waals surface area contributed by atoms with Gasteiger partial charge in [0.05, 0.1) is 4.90 Å². The van der Waals surface area contributed by atoms with Crippen LogP contribution in [0.2, 0.25) is 5.02 Å². The van der Waals surface area contributed by atoms with E-state index in [1.807, 2.05) is 24.3 Å². The quantitative estimate of drug-likeness (QED) is 0.331. The molecule has 4 rings (SSSR count). The molecule has 186 valence electrons. The van der Waals surface area contributed by atoms with Gasteiger partial charge >= 0.3 is 0 Å². The van der Waals surface area contributed by atoms with Crippen molar-refractivity contribution in [3.8, 4) is 0 Å². The summed E-state index contributed by atoms with van der Waals surface area (Å²) in [7, 11) is -1.87. The highest BCUT2D eigenvalue weighted by Crippen LogP contribution is 2.28. The van der Waals surface area contributed by atoms with Crippen LogP contribution in [0.15, 0.2) is 89.8 Å². The molecule has 0 bridgehead atoms. The molecule has 35 heavy (non-hydrogen) atoms. The highest BCUT2D eigenvalue weighted by molar-refractivity contribution is 7.89. The third-order valence-corrected chi connectivity index (χ3v) is 9.19. The average molecular weight is 511 g/mol. The van der Waals surface area contributed by atoms with Crippen molar-refractivity contribution in [2.75, 3.05) is 33.2 Å². The molecule has 0 spiro atoms. The molecule has 4 nitrogen and oxygen atoms in total. The van der Waals surface area contributed by atoms with Gasteiger partial charge in [-0.25, -0.2) is 12.7 Å². The molecule has 1 heterocycles. The maximum atomic E-state index is 13.1. The standard InChI is InChI=1S/C29H35ClN2O2S/c1-31(35(33,34)29-13-6-3-7-14-29)23-27(26-11-8-12-28(30)22-26)17-20-32-18-15-25(16-19-32)21-24-9-4-2-5-10-24/h2-14,22,25,27H,15-21,23H2,1H3. The average Bonchev–Trinajstić information content (AvgIpc) is 2.88. The van der Waals surface area contributed by atoms with E-state index < -0.39 is 10.0 Å². The Hall–Kier alpha value is -2.18. The summed E-state index contributed by atoms with van der Waals surface area (Å²) in [5.74, 6) is 0.804. The lowest BCUT2D eigenvalue weighted by Crippen LogP contribution is -2.37. The summed E-state index contributed by atoms with van der Waals surface area (Å²) < 4.78 is 27.8. The molecule has 0 radical (unpaired) electrons. The number of rotatable bonds is 10. The van der Waals surface area contributed by atoms with Gasteiger partial charge in [0.2, 0.25) is 10.0 Å². The van der Waals surface area contributed by atoms with Gasteiger partial charge in [0.1, 0.15) is 0 Å². The molecule has 0 saturated carbocycles. The van der Waals surface area contributed by atoms with Crippen LogP contribution in [0.1, 0.15) is 36.3 Å². The molecule has 1 unspecified atom stereocenters. The van der Waals surface area contributed by atoms with Crippen molar-refractivity contribution in [3.05, 3.63) is 101 Å². The van der Waals surface area contributed by atoms with Crippen molar-refractivity contribution < 1.29 is 8.42 Å². The lowest BCUT2D eigenvalue weighted by atomic mass is 9.89. The second-order valence-electron chi connectivity index (χ2n) is 9.61. The maximum Gasteiger partial charge on any atom is 0.242 e. The first-order chi connectivity index (χ1) is 16.9. The Morgan fingerprint density at radius 2 is 1.60 bits per heavy atom. The van der Waals surface area contributed by atoms with Crippen LogP contribution in [0.3, 0.4) is 0 Å². The molecule has 6 heteroatoms.